The highest BCUT2D eigenvalue weighted by Gasteiger charge is 2.08. The molecule has 0 heterocycles. The van der Waals surface area contributed by atoms with Crippen molar-refractivity contribution in [3.05, 3.63) is 84.2 Å². The van der Waals surface area contributed by atoms with Gasteiger partial charge in [-0.2, -0.15) is 0 Å². The molecule has 0 N–H and O–H groups in total. The zero-order valence-electron chi connectivity index (χ0n) is 15.9. The number of hydrogen-bond donors (Lipinski definition) is 0. The second kappa shape index (κ2) is 10.2. The normalized spacial score (nSPS) is 10.2. The molecule has 4 nitrogen and oxygen atoms in total. The van der Waals surface area contributed by atoms with Crippen LogP contribution in [0.15, 0.2) is 67.3 Å². The maximum Gasteiger partial charge on any atom is 0.333 e. The zero-order chi connectivity index (χ0) is 20.5. The van der Waals surface area contributed by atoms with E-state index < -0.39 is 11.9 Å². The number of esters is 2. The molecular formula is C23H23FO4. The van der Waals surface area contributed by atoms with Crippen LogP contribution in [0.1, 0.15) is 18.1 Å². The first-order valence-electron chi connectivity index (χ1n) is 8.90. The van der Waals surface area contributed by atoms with Gasteiger partial charge in [-0.25, -0.2) is 14.0 Å². The quantitative estimate of drug-likeness (QED) is 0.476. The van der Waals surface area contributed by atoms with Gasteiger partial charge in [0.15, 0.2) is 0 Å². The summed E-state index contributed by atoms with van der Waals surface area (Å²) in [5.41, 5.74) is 3.35. The van der Waals surface area contributed by atoms with Gasteiger partial charge in [0, 0.05) is 30.1 Å². The fraction of sp³-hybridized carbons (Fsp3) is 0.217. The molecule has 28 heavy (non-hydrogen) atoms. The summed E-state index contributed by atoms with van der Waals surface area (Å²) in [4.78, 5) is 22.4. The van der Waals surface area contributed by atoms with E-state index in [0.717, 1.165) is 22.8 Å². The van der Waals surface area contributed by atoms with E-state index >= 15 is 0 Å². The minimum atomic E-state index is -0.494. The Hall–Kier alpha value is -3.21. The van der Waals surface area contributed by atoms with Crippen molar-refractivity contribution in [1.29, 1.82) is 0 Å². The fourth-order valence-corrected chi connectivity index (χ4v) is 2.51. The monoisotopic (exact) mass is 382 g/mol. The Morgan fingerprint density at radius 3 is 2.21 bits per heavy atom. The first kappa shape index (κ1) is 21.1. The third kappa shape index (κ3) is 6.20. The standard InChI is InChI=1S/C23H23FO4/c1-4-22(25)27-13-12-18-7-10-20(21(24)15-18)19-8-5-17(6-9-19)11-14-28-23(26)16(2)3/h4-10,15H,1-2,11-14H2,3H3. The number of carbonyl (C=O) groups excluding carboxylic acids is 2. The summed E-state index contributed by atoms with van der Waals surface area (Å²) in [5, 5.41) is 0. The first-order chi connectivity index (χ1) is 13.4. The fourth-order valence-electron chi connectivity index (χ4n) is 2.51. The highest BCUT2D eigenvalue weighted by Crippen LogP contribution is 2.24. The third-order valence-electron chi connectivity index (χ3n) is 4.07. The van der Waals surface area contributed by atoms with Crippen LogP contribution in [0.25, 0.3) is 11.1 Å². The van der Waals surface area contributed by atoms with E-state index in [0.29, 0.717) is 24.0 Å². The second-order valence-corrected chi connectivity index (χ2v) is 6.30. The lowest BCUT2D eigenvalue weighted by Gasteiger charge is -2.09. The van der Waals surface area contributed by atoms with Gasteiger partial charge >= 0.3 is 11.9 Å². The van der Waals surface area contributed by atoms with Crippen molar-refractivity contribution < 1.29 is 23.5 Å². The van der Waals surface area contributed by atoms with Gasteiger partial charge in [0.1, 0.15) is 5.82 Å². The van der Waals surface area contributed by atoms with E-state index in [1.165, 1.54) is 6.07 Å². The molecular weight excluding hydrogens is 359 g/mol. The smallest absolute Gasteiger partial charge is 0.333 e. The minimum absolute atomic E-state index is 0.175. The molecule has 0 aromatic heterocycles. The maximum atomic E-state index is 14.5. The van der Waals surface area contributed by atoms with E-state index in [2.05, 4.69) is 13.2 Å². The lowest BCUT2D eigenvalue weighted by Crippen LogP contribution is -2.07. The molecule has 0 bridgehead atoms. The van der Waals surface area contributed by atoms with Crippen molar-refractivity contribution in [1.82, 2.24) is 0 Å². The number of hydrogen-bond acceptors (Lipinski definition) is 4. The van der Waals surface area contributed by atoms with Gasteiger partial charge in [0.2, 0.25) is 0 Å². The third-order valence-corrected chi connectivity index (χ3v) is 4.07. The molecule has 2 aromatic rings. The van der Waals surface area contributed by atoms with E-state index in [1.54, 1.807) is 13.0 Å². The number of rotatable bonds is 9. The Balaban J connectivity index is 1.95. The van der Waals surface area contributed by atoms with Crippen LogP contribution in [0.3, 0.4) is 0 Å². The summed E-state index contributed by atoms with van der Waals surface area (Å²) >= 11 is 0. The van der Waals surface area contributed by atoms with Crippen molar-refractivity contribution in [2.24, 2.45) is 0 Å². The van der Waals surface area contributed by atoms with Gasteiger partial charge in [-0.15, -0.1) is 0 Å². The predicted molar refractivity (Wildman–Crippen MR) is 106 cm³/mol. The SMILES string of the molecule is C=CC(=O)OCCc1ccc(-c2ccc(CCOC(=O)C(=C)C)cc2)c(F)c1. The van der Waals surface area contributed by atoms with Crippen LogP contribution in [0, 0.1) is 5.82 Å². The van der Waals surface area contributed by atoms with Crippen molar-refractivity contribution >= 4 is 11.9 Å². The van der Waals surface area contributed by atoms with Crippen LogP contribution in [0.2, 0.25) is 0 Å². The molecule has 0 amide bonds. The molecule has 2 aromatic carbocycles. The van der Waals surface area contributed by atoms with E-state index in [1.807, 2.05) is 30.3 Å². The Morgan fingerprint density at radius 1 is 1.00 bits per heavy atom. The molecule has 0 unspecified atom stereocenters. The molecule has 0 aliphatic carbocycles. The van der Waals surface area contributed by atoms with Crippen molar-refractivity contribution in [2.75, 3.05) is 13.2 Å². The Labute approximate surface area is 164 Å². The molecule has 0 aliphatic heterocycles. The Kier molecular flexibility index (Phi) is 7.69. The molecule has 0 aliphatic rings. The molecule has 2 rings (SSSR count). The average Bonchev–Trinajstić information content (AvgIpc) is 2.68. The maximum absolute atomic E-state index is 14.5. The lowest BCUT2D eigenvalue weighted by atomic mass is 10.0. The number of halogens is 1. The van der Waals surface area contributed by atoms with Crippen molar-refractivity contribution in [2.45, 2.75) is 19.8 Å². The van der Waals surface area contributed by atoms with E-state index in [4.69, 9.17) is 9.47 Å². The summed E-state index contributed by atoms with van der Waals surface area (Å²) in [6.07, 6.45) is 2.10. The zero-order valence-corrected chi connectivity index (χ0v) is 15.9. The summed E-state index contributed by atoms with van der Waals surface area (Å²) < 4.78 is 24.4. The van der Waals surface area contributed by atoms with Crippen molar-refractivity contribution in [3.63, 3.8) is 0 Å². The van der Waals surface area contributed by atoms with Crippen LogP contribution in [-0.2, 0) is 31.9 Å². The number of ether oxygens (including phenoxy) is 2. The molecule has 0 fully saturated rings. The topological polar surface area (TPSA) is 52.6 Å². The summed E-state index contributed by atoms with van der Waals surface area (Å²) in [7, 11) is 0. The van der Waals surface area contributed by atoms with E-state index in [9.17, 15) is 14.0 Å². The first-order valence-corrected chi connectivity index (χ1v) is 8.90. The van der Waals surface area contributed by atoms with Crippen LogP contribution < -0.4 is 0 Å². The number of benzene rings is 2. The lowest BCUT2D eigenvalue weighted by molar-refractivity contribution is -0.139. The van der Waals surface area contributed by atoms with Gasteiger partial charge < -0.3 is 9.47 Å². The minimum Gasteiger partial charge on any atom is -0.462 e. The van der Waals surface area contributed by atoms with Gasteiger partial charge in [-0.05, 0) is 29.7 Å². The molecule has 0 atom stereocenters. The second-order valence-electron chi connectivity index (χ2n) is 6.30. The molecule has 146 valence electrons. The van der Waals surface area contributed by atoms with Gasteiger partial charge in [0.25, 0.3) is 0 Å². The largest absolute Gasteiger partial charge is 0.462 e. The molecule has 0 radical (unpaired) electrons. The van der Waals surface area contributed by atoms with Gasteiger partial charge in [-0.3, -0.25) is 0 Å². The molecule has 5 heteroatoms. The highest BCUT2D eigenvalue weighted by molar-refractivity contribution is 5.86. The van der Waals surface area contributed by atoms with E-state index in [-0.39, 0.29) is 19.0 Å². The highest BCUT2D eigenvalue weighted by atomic mass is 19.1. The van der Waals surface area contributed by atoms with Crippen LogP contribution in [0.4, 0.5) is 4.39 Å². The Morgan fingerprint density at radius 2 is 1.61 bits per heavy atom. The molecule has 0 saturated carbocycles. The van der Waals surface area contributed by atoms with Crippen LogP contribution in [-0.4, -0.2) is 25.2 Å². The van der Waals surface area contributed by atoms with Crippen LogP contribution in [0.5, 0.6) is 0 Å². The number of carbonyl (C=O) groups is 2. The molecule has 0 saturated heterocycles. The molecule has 0 spiro atoms. The predicted octanol–water partition coefficient (Wildman–Crippen LogP) is 4.43. The summed E-state index contributed by atoms with van der Waals surface area (Å²) in [6.45, 7) is 8.90. The summed E-state index contributed by atoms with van der Waals surface area (Å²) in [6, 6.07) is 12.4. The van der Waals surface area contributed by atoms with Gasteiger partial charge in [0.05, 0.1) is 13.2 Å². The Bertz CT molecular complexity index is 869. The summed E-state index contributed by atoms with van der Waals surface area (Å²) in [5.74, 6) is -1.24. The van der Waals surface area contributed by atoms with Crippen LogP contribution >= 0.6 is 0 Å². The average molecular weight is 382 g/mol. The van der Waals surface area contributed by atoms with Crippen molar-refractivity contribution in [3.8, 4) is 11.1 Å². The van der Waals surface area contributed by atoms with Gasteiger partial charge in [-0.1, -0.05) is 49.6 Å².